The van der Waals surface area contributed by atoms with E-state index in [0.717, 1.165) is 41.9 Å². The highest BCUT2D eigenvalue weighted by atomic mass is 79.9. The van der Waals surface area contributed by atoms with Gasteiger partial charge < -0.3 is 9.80 Å². The Morgan fingerprint density at radius 2 is 1.86 bits per heavy atom. The van der Waals surface area contributed by atoms with Crippen molar-refractivity contribution in [2.75, 3.05) is 32.7 Å². The van der Waals surface area contributed by atoms with Crippen LogP contribution in [0.5, 0.6) is 0 Å². The quantitative estimate of drug-likeness (QED) is 0.811. The van der Waals surface area contributed by atoms with Gasteiger partial charge in [0.05, 0.1) is 0 Å². The average molecular weight is 365 g/mol. The van der Waals surface area contributed by atoms with E-state index in [2.05, 4.69) is 20.8 Å². The zero-order valence-electron chi connectivity index (χ0n) is 13.1. The molecule has 0 atom stereocenters. The van der Waals surface area contributed by atoms with Gasteiger partial charge in [-0.25, -0.2) is 0 Å². The molecule has 0 unspecified atom stereocenters. The number of carbonyl (C=O) groups excluding carboxylic acids is 1. The predicted molar refractivity (Wildman–Crippen MR) is 93.1 cm³/mol. The summed E-state index contributed by atoms with van der Waals surface area (Å²) >= 11 is 3.44. The van der Waals surface area contributed by atoms with Crippen LogP contribution in [0.15, 0.2) is 28.7 Å². The van der Waals surface area contributed by atoms with E-state index in [1.807, 2.05) is 29.2 Å². The lowest BCUT2D eigenvalue weighted by Crippen LogP contribution is -2.39. The molecular formula is C18H25BrN2O. The number of nitrogens with zero attached hydrogens (tertiary/aromatic N) is 2. The van der Waals surface area contributed by atoms with Crippen LogP contribution in [0.1, 0.15) is 42.5 Å². The number of piperidine rings is 1. The number of halogens is 1. The summed E-state index contributed by atoms with van der Waals surface area (Å²) in [6.07, 6.45) is 6.37. The van der Waals surface area contributed by atoms with Gasteiger partial charge in [0.2, 0.25) is 0 Å². The summed E-state index contributed by atoms with van der Waals surface area (Å²) in [5, 5.41) is 0. The normalized spacial score (nSPS) is 20.5. The van der Waals surface area contributed by atoms with Crippen LogP contribution in [-0.2, 0) is 0 Å². The summed E-state index contributed by atoms with van der Waals surface area (Å²) in [5.41, 5.74) is 0.796. The molecule has 2 fully saturated rings. The molecule has 120 valence electrons. The van der Waals surface area contributed by atoms with E-state index in [1.54, 1.807) is 0 Å². The van der Waals surface area contributed by atoms with E-state index in [0.29, 0.717) is 0 Å². The molecule has 1 aromatic rings. The molecule has 0 saturated carbocycles. The Kier molecular flexibility index (Phi) is 5.53. The third-order valence-electron chi connectivity index (χ3n) is 5.03. The van der Waals surface area contributed by atoms with Gasteiger partial charge in [-0.15, -0.1) is 0 Å². The number of benzene rings is 1. The number of hydrogen-bond acceptors (Lipinski definition) is 2. The lowest BCUT2D eigenvalue weighted by atomic mass is 9.93. The van der Waals surface area contributed by atoms with Crippen molar-refractivity contribution in [1.82, 2.24) is 9.80 Å². The Bertz CT molecular complexity index is 506. The van der Waals surface area contributed by atoms with Gasteiger partial charge in [0, 0.05) is 23.1 Å². The minimum Gasteiger partial charge on any atom is -0.339 e. The van der Waals surface area contributed by atoms with Gasteiger partial charge in [-0.3, -0.25) is 4.79 Å². The van der Waals surface area contributed by atoms with Gasteiger partial charge in [-0.05, 0) is 75.9 Å². The monoisotopic (exact) mass is 364 g/mol. The van der Waals surface area contributed by atoms with Crippen LogP contribution >= 0.6 is 15.9 Å². The van der Waals surface area contributed by atoms with Gasteiger partial charge in [0.15, 0.2) is 0 Å². The topological polar surface area (TPSA) is 23.6 Å². The standard InChI is InChI=1S/C18H25BrN2O/c19-17-5-3-4-16(14-17)18(22)21-12-7-15(8-13-21)6-11-20-9-1-2-10-20/h3-5,14-15H,1-2,6-13H2. The molecule has 3 rings (SSSR count). The van der Waals surface area contributed by atoms with Crippen molar-refractivity contribution in [2.45, 2.75) is 32.1 Å². The molecule has 2 saturated heterocycles. The zero-order valence-corrected chi connectivity index (χ0v) is 14.7. The second-order valence-corrected chi connectivity index (χ2v) is 7.50. The van der Waals surface area contributed by atoms with Crippen LogP contribution < -0.4 is 0 Å². The molecule has 0 spiro atoms. The zero-order chi connectivity index (χ0) is 15.4. The summed E-state index contributed by atoms with van der Waals surface area (Å²) in [5.74, 6) is 0.978. The highest BCUT2D eigenvalue weighted by molar-refractivity contribution is 9.10. The molecule has 0 aromatic heterocycles. The van der Waals surface area contributed by atoms with Gasteiger partial charge in [-0.2, -0.15) is 0 Å². The predicted octanol–water partition coefficient (Wildman–Crippen LogP) is 3.79. The molecule has 1 aromatic carbocycles. The molecule has 0 radical (unpaired) electrons. The fourth-order valence-corrected chi connectivity index (χ4v) is 4.00. The number of likely N-dealkylation sites (tertiary alicyclic amines) is 2. The van der Waals surface area contributed by atoms with Gasteiger partial charge in [0.25, 0.3) is 5.91 Å². The SMILES string of the molecule is O=C(c1cccc(Br)c1)N1CCC(CCN2CCCC2)CC1. The van der Waals surface area contributed by atoms with Crippen molar-refractivity contribution >= 4 is 21.8 Å². The van der Waals surface area contributed by atoms with E-state index in [9.17, 15) is 4.79 Å². The lowest BCUT2D eigenvalue weighted by Gasteiger charge is -2.33. The van der Waals surface area contributed by atoms with Crippen LogP contribution in [0.2, 0.25) is 0 Å². The Balaban J connectivity index is 1.45. The summed E-state index contributed by atoms with van der Waals surface area (Å²) < 4.78 is 0.971. The second-order valence-electron chi connectivity index (χ2n) is 6.58. The average Bonchev–Trinajstić information content (AvgIpc) is 3.06. The maximum atomic E-state index is 12.5. The summed E-state index contributed by atoms with van der Waals surface area (Å²) in [6, 6.07) is 7.72. The first-order valence-corrected chi connectivity index (χ1v) is 9.29. The molecule has 2 heterocycles. The van der Waals surface area contributed by atoms with Gasteiger partial charge >= 0.3 is 0 Å². The third-order valence-corrected chi connectivity index (χ3v) is 5.52. The number of hydrogen-bond donors (Lipinski definition) is 0. The van der Waals surface area contributed by atoms with Crippen LogP contribution in [0, 0.1) is 5.92 Å². The summed E-state index contributed by atoms with van der Waals surface area (Å²) in [6.45, 7) is 5.66. The van der Waals surface area contributed by atoms with E-state index < -0.39 is 0 Å². The molecule has 1 amide bonds. The number of rotatable bonds is 4. The number of amides is 1. The van der Waals surface area contributed by atoms with Crippen molar-refractivity contribution in [3.8, 4) is 0 Å². The van der Waals surface area contributed by atoms with Crippen LogP contribution in [0.4, 0.5) is 0 Å². The van der Waals surface area contributed by atoms with E-state index in [4.69, 9.17) is 0 Å². The van der Waals surface area contributed by atoms with Crippen LogP contribution in [-0.4, -0.2) is 48.4 Å². The van der Waals surface area contributed by atoms with Gasteiger partial charge in [0.1, 0.15) is 0 Å². The Hall–Kier alpha value is -0.870. The molecule has 0 N–H and O–H groups in total. The van der Waals surface area contributed by atoms with Crippen molar-refractivity contribution in [3.05, 3.63) is 34.3 Å². The van der Waals surface area contributed by atoms with E-state index >= 15 is 0 Å². The van der Waals surface area contributed by atoms with Crippen LogP contribution in [0.25, 0.3) is 0 Å². The molecule has 22 heavy (non-hydrogen) atoms. The molecule has 4 heteroatoms. The smallest absolute Gasteiger partial charge is 0.253 e. The first kappa shape index (κ1) is 16.0. The first-order chi connectivity index (χ1) is 10.7. The fourth-order valence-electron chi connectivity index (χ4n) is 3.60. The summed E-state index contributed by atoms with van der Waals surface area (Å²) in [7, 11) is 0. The fraction of sp³-hybridized carbons (Fsp3) is 0.611. The van der Waals surface area contributed by atoms with Crippen molar-refractivity contribution in [2.24, 2.45) is 5.92 Å². The maximum absolute atomic E-state index is 12.5. The second kappa shape index (κ2) is 7.60. The number of carbonyl (C=O) groups is 1. The first-order valence-electron chi connectivity index (χ1n) is 8.49. The molecule has 0 bridgehead atoms. The lowest BCUT2D eigenvalue weighted by molar-refractivity contribution is 0.0682. The van der Waals surface area contributed by atoms with Crippen molar-refractivity contribution in [1.29, 1.82) is 0 Å². The van der Waals surface area contributed by atoms with Crippen molar-refractivity contribution in [3.63, 3.8) is 0 Å². The molecular weight excluding hydrogens is 340 g/mol. The highest BCUT2D eigenvalue weighted by Crippen LogP contribution is 2.23. The minimum absolute atomic E-state index is 0.180. The third kappa shape index (κ3) is 4.11. The van der Waals surface area contributed by atoms with E-state index in [-0.39, 0.29) is 5.91 Å². The van der Waals surface area contributed by atoms with Crippen molar-refractivity contribution < 1.29 is 4.79 Å². The molecule has 3 nitrogen and oxygen atoms in total. The molecule has 0 aliphatic carbocycles. The Morgan fingerprint density at radius 1 is 1.14 bits per heavy atom. The molecule has 2 aliphatic heterocycles. The highest BCUT2D eigenvalue weighted by Gasteiger charge is 2.24. The molecule has 2 aliphatic rings. The minimum atomic E-state index is 0.180. The van der Waals surface area contributed by atoms with Gasteiger partial charge in [-0.1, -0.05) is 22.0 Å². The summed E-state index contributed by atoms with van der Waals surface area (Å²) in [4.78, 5) is 17.1. The maximum Gasteiger partial charge on any atom is 0.253 e. The van der Waals surface area contributed by atoms with E-state index in [1.165, 1.54) is 38.9 Å². The Morgan fingerprint density at radius 3 is 2.55 bits per heavy atom. The largest absolute Gasteiger partial charge is 0.339 e. The Labute approximate surface area is 141 Å². The van der Waals surface area contributed by atoms with Crippen LogP contribution in [0.3, 0.4) is 0 Å².